The number of carboxylic acids is 1. The van der Waals surface area contributed by atoms with Gasteiger partial charge in [-0.2, -0.15) is 11.8 Å². The van der Waals surface area contributed by atoms with Crippen LogP contribution in [0.15, 0.2) is 0 Å². The summed E-state index contributed by atoms with van der Waals surface area (Å²) in [4.78, 5) is 10.7. The Bertz CT molecular complexity index is 229. The number of aliphatic carboxylic acids is 1. The molecule has 0 aliphatic carbocycles. The van der Waals surface area contributed by atoms with Gasteiger partial charge in [-0.25, -0.2) is 0 Å². The molecular formula is C11H19NO2S. The third-order valence-corrected chi connectivity index (χ3v) is 4.78. The molecule has 86 valence electrons. The molecule has 2 fully saturated rings. The minimum atomic E-state index is -0.672. The van der Waals surface area contributed by atoms with Crippen LogP contribution in [-0.4, -0.2) is 35.2 Å². The van der Waals surface area contributed by atoms with Gasteiger partial charge >= 0.3 is 5.97 Å². The van der Waals surface area contributed by atoms with Gasteiger partial charge in [0.1, 0.15) is 0 Å². The summed E-state index contributed by atoms with van der Waals surface area (Å²) in [5.41, 5.74) is 0. The number of carbonyl (C=O) groups is 1. The predicted molar refractivity (Wildman–Crippen MR) is 62.2 cm³/mol. The highest BCUT2D eigenvalue weighted by Crippen LogP contribution is 2.35. The van der Waals surface area contributed by atoms with Crippen LogP contribution >= 0.6 is 11.8 Å². The van der Waals surface area contributed by atoms with Crippen molar-refractivity contribution in [3.05, 3.63) is 0 Å². The highest BCUT2D eigenvalue weighted by molar-refractivity contribution is 7.99. The van der Waals surface area contributed by atoms with Crippen molar-refractivity contribution in [1.29, 1.82) is 0 Å². The van der Waals surface area contributed by atoms with E-state index in [2.05, 4.69) is 17.1 Å². The average Bonchev–Trinajstić information content (AvgIpc) is 2.69. The molecule has 0 aromatic rings. The van der Waals surface area contributed by atoms with Crippen molar-refractivity contribution >= 4 is 17.7 Å². The molecule has 2 heterocycles. The molecule has 0 amide bonds. The van der Waals surface area contributed by atoms with E-state index in [1.54, 1.807) is 0 Å². The van der Waals surface area contributed by atoms with Crippen molar-refractivity contribution < 1.29 is 9.90 Å². The number of hydrogen-bond acceptors (Lipinski definition) is 3. The van der Waals surface area contributed by atoms with Crippen LogP contribution in [-0.2, 0) is 4.79 Å². The Labute approximate surface area is 95.0 Å². The molecule has 3 atom stereocenters. The number of piperidine rings is 1. The van der Waals surface area contributed by atoms with Crippen LogP contribution in [0, 0.1) is 11.8 Å². The molecule has 0 aromatic heterocycles. The summed E-state index contributed by atoms with van der Waals surface area (Å²) < 4.78 is 0. The molecule has 2 saturated heterocycles. The Morgan fingerprint density at radius 3 is 2.93 bits per heavy atom. The second kappa shape index (κ2) is 5.21. The first-order chi connectivity index (χ1) is 7.25. The lowest BCUT2D eigenvalue weighted by Crippen LogP contribution is -2.41. The van der Waals surface area contributed by atoms with E-state index in [1.165, 1.54) is 24.3 Å². The van der Waals surface area contributed by atoms with Gasteiger partial charge in [0.15, 0.2) is 0 Å². The van der Waals surface area contributed by atoms with Gasteiger partial charge in [0.2, 0.25) is 0 Å². The Kier molecular flexibility index (Phi) is 3.92. The van der Waals surface area contributed by atoms with Crippen LogP contribution < -0.4 is 5.32 Å². The second-order valence-electron chi connectivity index (χ2n) is 4.66. The predicted octanol–water partition coefficient (Wildman–Crippen LogP) is 1.58. The van der Waals surface area contributed by atoms with Crippen molar-refractivity contribution in [3.8, 4) is 0 Å². The average molecular weight is 229 g/mol. The van der Waals surface area contributed by atoms with E-state index < -0.39 is 5.97 Å². The summed E-state index contributed by atoms with van der Waals surface area (Å²) in [6.07, 6.45) is 3.93. The van der Waals surface area contributed by atoms with Crippen molar-refractivity contribution in [1.82, 2.24) is 5.32 Å². The maximum atomic E-state index is 10.7. The van der Waals surface area contributed by atoms with E-state index in [9.17, 15) is 4.79 Å². The summed E-state index contributed by atoms with van der Waals surface area (Å²) >= 11 is 2.05. The lowest BCUT2D eigenvalue weighted by atomic mass is 9.81. The topological polar surface area (TPSA) is 49.3 Å². The maximum Gasteiger partial charge on any atom is 0.304 e. The Morgan fingerprint density at radius 1 is 1.40 bits per heavy atom. The molecule has 0 saturated carbocycles. The first-order valence-corrected chi connectivity index (χ1v) is 6.94. The fourth-order valence-corrected chi connectivity index (χ4v) is 4.14. The first-order valence-electron chi connectivity index (χ1n) is 5.78. The van der Waals surface area contributed by atoms with E-state index in [0.29, 0.717) is 0 Å². The number of hydrogen-bond donors (Lipinski definition) is 2. The number of rotatable bonds is 3. The van der Waals surface area contributed by atoms with Crippen LogP contribution in [0.1, 0.15) is 25.7 Å². The lowest BCUT2D eigenvalue weighted by Gasteiger charge is -2.32. The zero-order valence-corrected chi connectivity index (χ0v) is 9.76. The SMILES string of the molecule is O=C(O)CC1CC(C2CCSC2)CCN1. The first kappa shape index (κ1) is 11.3. The summed E-state index contributed by atoms with van der Waals surface area (Å²) in [7, 11) is 0. The van der Waals surface area contributed by atoms with Gasteiger partial charge < -0.3 is 10.4 Å². The van der Waals surface area contributed by atoms with E-state index in [4.69, 9.17) is 5.11 Å². The van der Waals surface area contributed by atoms with Gasteiger partial charge in [-0.3, -0.25) is 4.79 Å². The summed E-state index contributed by atoms with van der Waals surface area (Å²) in [5.74, 6) is 3.55. The van der Waals surface area contributed by atoms with Crippen molar-refractivity contribution in [3.63, 3.8) is 0 Å². The number of nitrogens with one attached hydrogen (secondary N) is 1. The molecule has 0 radical (unpaired) electrons. The molecule has 3 unspecified atom stereocenters. The zero-order chi connectivity index (χ0) is 10.7. The van der Waals surface area contributed by atoms with Crippen molar-refractivity contribution in [2.45, 2.75) is 31.7 Å². The van der Waals surface area contributed by atoms with Crippen LogP contribution in [0.4, 0.5) is 0 Å². The molecule has 2 rings (SSSR count). The highest BCUT2D eigenvalue weighted by Gasteiger charge is 2.30. The molecule has 2 N–H and O–H groups in total. The molecule has 2 aliphatic heterocycles. The lowest BCUT2D eigenvalue weighted by molar-refractivity contribution is -0.137. The number of thioether (sulfide) groups is 1. The van der Waals surface area contributed by atoms with E-state index in [1.807, 2.05) is 0 Å². The normalized spacial score (nSPS) is 36.7. The molecule has 4 heteroatoms. The number of carboxylic acid groups (broad SMARTS) is 1. The highest BCUT2D eigenvalue weighted by atomic mass is 32.2. The third-order valence-electron chi connectivity index (χ3n) is 3.59. The standard InChI is InChI=1S/C11H19NO2S/c13-11(14)6-10-5-8(1-3-12-10)9-2-4-15-7-9/h8-10,12H,1-7H2,(H,13,14). The van der Waals surface area contributed by atoms with E-state index in [-0.39, 0.29) is 12.5 Å². The molecule has 3 nitrogen and oxygen atoms in total. The zero-order valence-electron chi connectivity index (χ0n) is 8.95. The second-order valence-corrected chi connectivity index (χ2v) is 5.81. The van der Waals surface area contributed by atoms with Gasteiger partial charge in [-0.1, -0.05) is 0 Å². The Balaban J connectivity index is 1.83. The van der Waals surface area contributed by atoms with Crippen LogP contribution in [0.2, 0.25) is 0 Å². The Hall–Kier alpha value is -0.220. The maximum absolute atomic E-state index is 10.7. The third kappa shape index (κ3) is 3.11. The molecular weight excluding hydrogens is 210 g/mol. The molecule has 0 aromatic carbocycles. The van der Waals surface area contributed by atoms with Crippen molar-refractivity contribution in [2.75, 3.05) is 18.1 Å². The van der Waals surface area contributed by atoms with Gasteiger partial charge in [0.05, 0.1) is 6.42 Å². The Morgan fingerprint density at radius 2 is 2.27 bits per heavy atom. The largest absolute Gasteiger partial charge is 0.481 e. The summed E-state index contributed by atoms with van der Waals surface area (Å²) in [6.45, 7) is 1.00. The van der Waals surface area contributed by atoms with E-state index in [0.717, 1.165) is 24.8 Å². The quantitative estimate of drug-likeness (QED) is 0.771. The van der Waals surface area contributed by atoms with E-state index >= 15 is 0 Å². The van der Waals surface area contributed by atoms with Gasteiger partial charge in [0, 0.05) is 6.04 Å². The van der Waals surface area contributed by atoms with Crippen LogP contribution in [0.5, 0.6) is 0 Å². The van der Waals surface area contributed by atoms with Gasteiger partial charge in [-0.15, -0.1) is 0 Å². The minimum absolute atomic E-state index is 0.215. The monoisotopic (exact) mass is 229 g/mol. The smallest absolute Gasteiger partial charge is 0.304 e. The molecule has 0 spiro atoms. The van der Waals surface area contributed by atoms with Crippen molar-refractivity contribution in [2.24, 2.45) is 11.8 Å². The molecule has 0 bridgehead atoms. The summed E-state index contributed by atoms with van der Waals surface area (Å²) in [6, 6.07) is 0.215. The van der Waals surface area contributed by atoms with Crippen LogP contribution in [0.25, 0.3) is 0 Å². The van der Waals surface area contributed by atoms with Gasteiger partial charge in [0.25, 0.3) is 0 Å². The van der Waals surface area contributed by atoms with Gasteiger partial charge in [-0.05, 0) is 49.1 Å². The fraction of sp³-hybridized carbons (Fsp3) is 0.909. The molecule has 15 heavy (non-hydrogen) atoms. The minimum Gasteiger partial charge on any atom is -0.481 e. The van der Waals surface area contributed by atoms with Crippen LogP contribution in [0.3, 0.4) is 0 Å². The molecule has 2 aliphatic rings. The fourth-order valence-electron chi connectivity index (χ4n) is 2.76. The summed E-state index contributed by atoms with van der Waals surface area (Å²) in [5, 5.41) is 12.1.